The highest BCUT2D eigenvalue weighted by Crippen LogP contribution is 2.30. The molecule has 0 aliphatic carbocycles. The lowest BCUT2D eigenvalue weighted by Crippen LogP contribution is -2.46. The Bertz CT molecular complexity index is 686. The zero-order chi connectivity index (χ0) is 18.6. The van der Waals surface area contributed by atoms with E-state index in [1.165, 1.54) is 4.31 Å². The second kappa shape index (κ2) is 8.56. The van der Waals surface area contributed by atoms with Crippen LogP contribution in [-0.2, 0) is 19.6 Å². The first-order chi connectivity index (χ1) is 11.8. The van der Waals surface area contributed by atoms with Crippen molar-refractivity contribution in [3.05, 3.63) is 29.8 Å². The van der Waals surface area contributed by atoms with E-state index in [0.29, 0.717) is 18.1 Å². The van der Waals surface area contributed by atoms with Gasteiger partial charge >= 0.3 is 5.97 Å². The molecular weight excluding hydrogens is 358 g/mol. The van der Waals surface area contributed by atoms with Crippen molar-refractivity contribution >= 4 is 27.8 Å². The third-order valence-electron chi connectivity index (χ3n) is 4.39. The molecule has 1 fully saturated rings. The van der Waals surface area contributed by atoms with E-state index < -0.39 is 15.9 Å². The Kier molecular flexibility index (Phi) is 6.93. The van der Waals surface area contributed by atoms with E-state index in [1.807, 2.05) is 20.8 Å². The molecule has 0 radical (unpaired) electrons. The van der Waals surface area contributed by atoms with Gasteiger partial charge in [0, 0.05) is 24.1 Å². The normalized spacial score (nSPS) is 22.6. The maximum atomic E-state index is 13.3. The van der Waals surface area contributed by atoms with Gasteiger partial charge in [-0.2, -0.15) is 16.1 Å². The van der Waals surface area contributed by atoms with Crippen molar-refractivity contribution in [1.29, 1.82) is 0 Å². The minimum absolute atomic E-state index is 0.143. The van der Waals surface area contributed by atoms with Gasteiger partial charge in [-0.1, -0.05) is 31.5 Å². The number of nitrogens with zero attached hydrogens (tertiary/aromatic N) is 1. The first-order valence-corrected chi connectivity index (χ1v) is 11.2. The summed E-state index contributed by atoms with van der Waals surface area (Å²) in [6.45, 7) is 8.20. The van der Waals surface area contributed by atoms with E-state index in [4.69, 9.17) is 4.74 Å². The zero-order valence-electron chi connectivity index (χ0n) is 15.3. The summed E-state index contributed by atoms with van der Waals surface area (Å²) in [4.78, 5) is 12.5. The summed E-state index contributed by atoms with van der Waals surface area (Å²) >= 11 is 1.63. The summed E-state index contributed by atoms with van der Waals surface area (Å²) in [6.07, 6.45) is 0. The molecule has 0 unspecified atom stereocenters. The van der Waals surface area contributed by atoms with Crippen molar-refractivity contribution in [2.45, 2.75) is 38.6 Å². The number of thioether (sulfide) groups is 1. The van der Waals surface area contributed by atoms with Crippen LogP contribution in [0, 0.1) is 18.8 Å². The van der Waals surface area contributed by atoms with Crippen LogP contribution in [0.2, 0.25) is 0 Å². The van der Waals surface area contributed by atoms with Crippen LogP contribution >= 0.6 is 11.8 Å². The number of carbonyl (C=O) groups is 1. The van der Waals surface area contributed by atoms with Gasteiger partial charge in [-0.05, 0) is 31.9 Å². The first kappa shape index (κ1) is 20.3. The largest absolute Gasteiger partial charge is 0.466 e. The van der Waals surface area contributed by atoms with Crippen LogP contribution in [0.4, 0.5) is 0 Å². The van der Waals surface area contributed by atoms with Gasteiger partial charge in [0.2, 0.25) is 10.0 Å². The maximum absolute atomic E-state index is 13.3. The first-order valence-electron chi connectivity index (χ1n) is 8.60. The molecule has 2 atom stereocenters. The summed E-state index contributed by atoms with van der Waals surface area (Å²) in [7, 11) is -3.67. The predicted molar refractivity (Wildman–Crippen MR) is 101 cm³/mol. The minimum Gasteiger partial charge on any atom is -0.466 e. The van der Waals surface area contributed by atoms with Gasteiger partial charge in [-0.25, -0.2) is 8.42 Å². The molecule has 2 rings (SSSR count). The Labute approximate surface area is 155 Å². The van der Waals surface area contributed by atoms with Crippen molar-refractivity contribution in [1.82, 2.24) is 4.31 Å². The molecule has 1 aliphatic heterocycles. The second-order valence-corrected chi connectivity index (χ2v) is 9.65. The molecule has 1 aliphatic rings. The number of rotatable bonds is 5. The average Bonchev–Trinajstić information content (AvgIpc) is 2.79. The summed E-state index contributed by atoms with van der Waals surface area (Å²) in [5.74, 6) is 0.673. The SMILES string of the molecule is CCOC(=O)[C@@H]1CSC[C@H](C(C)C)N(S(=O)(=O)c2ccc(C)cc2)C1. The fourth-order valence-electron chi connectivity index (χ4n) is 2.87. The van der Waals surface area contributed by atoms with E-state index >= 15 is 0 Å². The minimum atomic E-state index is -3.67. The molecule has 0 N–H and O–H groups in total. The Morgan fingerprint density at radius 3 is 2.48 bits per heavy atom. The zero-order valence-corrected chi connectivity index (χ0v) is 16.9. The standard InChI is InChI=1S/C18H27NO4S2/c1-5-23-18(20)15-10-19(17(13(2)3)12-24-11-15)25(21,22)16-8-6-14(4)7-9-16/h6-9,13,15,17H,5,10-12H2,1-4H3/t15-,17+/m0/s1. The van der Waals surface area contributed by atoms with E-state index in [0.717, 1.165) is 5.56 Å². The second-order valence-electron chi connectivity index (χ2n) is 6.69. The topological polar surface area (TPSA) is 63.7 Å². The molecule has 1 saturated heterocycles. The number of aryl methyl sites for hydroxylation is 1. The quantitative estimate of drug-likeness (QED) is 0.729. The Morgan fingerprint density at radius 1 is 1.28 bits per heavy atom. The van der Waals surface area contributed by atoms with E-state index in [9.17, 15) is 13.2 Å². The lowest BCUT2D eigenvalue weighted by atomic mass is 10.1. The Hall–Kier alpha value is -1.05. The van der Waals surface area contributed by atoms with Crippen molar-refractivity contribution in [2.75, 3.05) is 24.7 Å². The summed E-state index contributed by atoms with van der Waals surface area (Å²) in [5.41, 5.74) is 1.01. The van der Waals surface area contributed by atoms with Gasteiger partial charge in [-0.3, -0.25) is 4.79 Å². The van der Waals surface area contributed by atoms with Crippen molar-refractivity contribution < 1.29 is 17.9 Å². The van der Waals surface area contributed by atoms with E-state index in [2.05, 4.69) is 0 Å². The van der Waals surface area contributed by atoms with Crippen LogP contribution in [0.15, 0.2) is 29.2 Å². The molecular formula is C18H27NO4S2. The monoisotopic (exact) mass is 385 g/mol. The molecule has 5 nitrogen and oxygen atoms in total. The fraction of sp³-hybridized carbons (Fsp3) is 0.611. The average molecular weight is 386 g/mol. The Balaban J connectivity index is 2.39. The molecule has 0 bridgehead atoms. The number of benzene rings is 1. The lowest BCUT2D eigenvalue weighted by Gasteiger charge is -2.32. The van der Waals surface area contributed by atoms with E-state index in [1.54, 1.807) is 43.0 Å². The van der Waals surface area contributed by atoms with Crippen LogP contribution in [-0.4, -0.2) is 49.4 Å². The molecule has 1 heterocycles. The lowest BCUT2D eigenvalue weighted by molar-refractivity contribution is -0.147. The van der Waals surface area contributed by atoms with Gasteiger partial charge in [0.15, 0.2) is 0 Å². The fourth-order valence-corrected chi connectivity index (χ4v) is 6.23. The molecule has 25 heavy (non-hydrogen) atoms. The molecule has 1 aromatic carbocycles. The van der Waals surface area contributed by atoms with Gasteiger partial charge < -0.3 is 4.74 Å². The van der Waals surface area contributed by atoms with Crippen LogP contribution in [0.25, 0.3) is 0 Å². The van der Waals surface area contributed by atoms with Crippen molar-refractivity contribution in [3.8, 4) is 0 Å². The van der Waals surface area contributed by atoms with Gasteiger partial charge in [-0.15, -0.1) is 0 Å². The molecule has 0 aromatic heterocycles. The highest BCUT2D eigenvalue weighted by Gasteiger charge is 2.39. The predicted octanol–water partition coefficient (Wildman–Crippen LogP) is 2.94. The smallest absolute Gasteiger partial charge is 0.311 e. The number of carbonyl (C=O) groups excluding carboxylic acids is 1. The highest BCUT2D eigenvalue weighted by atomic mass is 32.2. The molecule has 0 amide bonds. The number of hydrogen-bond donors (Lipinski definition) is 0. The van der Waals surface area contributed by atoms with Gasteiger partial charge in [0.1, 0.15) is 0 Å². The van der Waals surface area contributed by atoms with Crippen LogP contribution in [0.3, 0.4) is 0 Å². The van der Waals surface area contributed by atoms with Crippen molar-refractivity contribution in [2.24, 2.45) is 11.8 Å². The maximum Gasteiger partial charge on any atom is 0.311 e. The molecule has 0 spiro atoms. The molecule has 140 valence electrons. The molecule has 1 aromatic rings. The molecule has 0 saturated carbocycles. The number of sulfonamides is 1. The summed E-state index contributed by atoms with van der Waals surface area (Å²) < 4.78 is 33.2. The molecule has 7 heteroatoms. The number of hydrogen-bond acceptors (Lipinski definition) is 5. The van der Waals surface area contributed by atoms with Gasteiger partial charge in [0.25, 0.3) is 0 Å². The van der Waals surface area contributed by atoms with Crippen molar-refractivity contribution in [3.63, 3.8) is 0 Å². The summed E-state index contributed by atoms with van der Waals surface area (Å²) in [6, 6.07) is 6.73. The Morgan fingerprint density at radius 2 is 1.92 bits per heavy atom. The number of ether oxygens (including phenoxy) is 1. The van der Waals surface area contributed by atoms with Gasteiger partial charge in [0.05, 0.1) is 17.4 Å². The summed E-state index contributed by atoms with van der Waals surface area (Å²) in [5, 5.41) is 0. The third kappa shape index (κ3) is 4.77. The van der Waals surface area contributed by atoms with Crippen LogP contribution in [0.5, 0.6) is 0 Å². The van der Waals surface area contributed by atoms with E-state index in [-0.39, 0.29) is 29.4 Å². The highest BCUT2D eigenvalue weighted by molar-refractivity contribution is 7.99. The third-order valence-corrected chi connectivity index (χ3v) is 7.52. The van der Waals surface area contributed by atoms with Crippen LogP contribution in [0.1, 0.15) is 26.3 Å². The van der Waals surface area contributed by atoms with Crippen LogP contribution < -0.4 is 0 Å². The number of esters is 1.